The fourth-order valence-corrected chi connectivity index (χ4v) is 2.74. The van der Waals surface area contributed by atoms with E-state index in [2.05, 4.69) is 27.8 Å². The third kappa shape index (κ3) is 11.5. The lowest BCUT2D eigenvalue weighted by Crippen LogP contribution is -2.54. The second-order valence-electron chi connectivity index (χ2n) is 7.35. The van der Waals surface area contributed by atoms with Crippen molar-refractivity contribution < 1.29 is 29.0 Å². The molecule has 0 fully saturated rings. The van der Waals surface area contributed by atoms with Gasteiger partial charge in [0.05, 0.1) is 11.9 Å². The Balaban J connectivity index is 2.51. The molecule has 0 heterocycles. The number of carbonyl (C=O) groups is 4. The number of aliphatic hydroxyl groups is 1. The molecular formula is C22H33N5O6. The number of nitrogens with two attached hydrogens (primary N) is 1. The van der Waals surface area contributed by atoms with Crippen molar-refractivity contribution in [3.63, 3.8) is 0 Å². The highest BCUT2D eigenvalue weighted by Crippen LogP contribution is 2.02. The normalized spacial score (nSPS) is 13.0. The number of hydrogen-bond acceptors (Lipinski definition) is 8. The highest BCUT2D eigenvalue weighted by Gasteiger charge is 2.25. The Morgan fingerprint density at radius 1 is 1.12 bits per heavy atom. The average molecular weight is 464 g/mol. The molecule has 1 aromatic rings. The summed E-state index contributed by atoms with van der Waals surface area (Å²) in [5.41, 5.74) is 6.17. The molecule has 182 valence electrons. The standard InChI is InChI=1S/C22H33N5O6/c1-15(20(30)26-18(13-29)9-6-11-24-16(2)23)25-21(31)19(10-12-28)27-22(32)33-14-17-7-4-3-5-8-17/h3-5,7-8,13,15,18-19,24,28H,2,6,9-12,14,23H2,1H3,(H,25,31)(H,26,30)(H,27,32)/t15-,18-,19+/m0/s1. The number of hydrogen-bond donors (Lipinski definition) is 6. The summed E-state index contributed by atoms with van der Waals surface area (Å²) >= 11 is 0. The third-order valence-corrected chi connectivity index (χ3v) is 4.53. The molecule has 33 heavy (non-hydrogen) atoms. The minimum absolute atomic E-state index is 0.0148. The minimum atomic E-state index is -1.11. The van der Waals surface area contributed by atoms with Crippen LogP contribution in [0.25, 0.3) is 0 Å². The molecule has 0 aliphatic heterocycles. The molecule has 11 heteroatoms. The Hall–Kier alpha value is -3.60. The van der Waals surface area contributed by atoms with E-state index in [1.54, 1.807) is 24.3 Å². The van der Waals surface area contributed by atoms with E-state index in [0.29, 0.717) is 31.5 Å². The van der Waals surface area contributed by atoms with Gasteiger partial charge in [0, 0.05) is 13.2 Å². The van der Waals surface area contributed by atoms with Crippen LogP contribution in [-0.2, 0) is 25.7 Å². The fraction of sp³-hybridized carbons (Fsp3) is 0.455. The molecule has 0 aliphatic carbocycles. The highest BCUT2D eigenvalue weighted by molar-refractivity contribution is 5.91. The van der Waals surface area contributed by atoms with Crippen molar-refractivity contribution in [2.75, 3.05) is 13.2 Å². The maximum atomic E-state index is 12.5. The van der Waals surface area contributed by atoms with Crippen LogP contribution in [0, 0.1) is 0 Å². The smallest absolute Gasteiger partial charge is 0.408 e. The number of alkyl carbamates (subject to hydrolysis) is 1. The molecule has 3 atom stereocenters. The van der Waals surface area contributed by atoms with Crippen molar-refractivity contribution in [3.8, 4) is 0 Å². The number of aliphatic hydroxyl groups excluding tert-OH is 1. The maximum absolute atomic E-state index is 12.5. The van der Waals surface area contributed by atoms with Gasteiger partial charge in [0.1, 0.15) is 25.0 Å². The zero-order chi connectivity index (χ0) is 24.6. The quantitative estimate of drug-likeness (QED) is 0.151. The van der Waals surface area contributed by atoms with E-state index in [9.17, 15) is 24.3 Å². The van der Waals surface area contributed by atoms with Crippen LogP contribution in [0.5, 0.6) is 0 Å². The highest BCUT2D eigenvalue weighted by atomic mass is 16.5. The second-order valence-corrected chi connectivity index (χ2v) is 7.35. The van der Waals surface area contributed by atoms with Crippen molar-refractivity contribution in [1.82, 2.24) is 21.3 Å². The SMILES string of the molecule is C=C(N)NCCC[C@@H](C=O)NC(=O)[C@H](C)NC(=O)[C@@H](CCO)NC(=O)OCc1ccccc1. The van der Waals surface area contributed by atoms with Gasteiger partial charge in [-0.3, -0.25) is 9.59 Å². The second kappa shape index (κ2) is 15.2. The van der Waals surface area contributed by atoms with Gasteiger partial charge in [-0.15, -0.1) is 0 Å². The van der Waals surface area contributed by atoms with E-state index >= 15 is 0 Å². The van der Waals surface area contributed by atoms with Gasteiger partial charge in [-0.05, 0) is 31.7 Å². The van der Waals surface area contributed by atoms with E-state index in [-0.39, 0.29) is 19.6 Å². The van der Waals surface area contributed by atoms with Crippen molar-refractivity contribution in [3.05, 3.63) is 48.3 Å². The summed E-state index contributed by atoms with van der Waals surface area (Å²) in [6.45, 7) is 5.09. The Kier molecular flexibility index (Phi) is 12.7. The van der Waals surface area contributed by atoms with Gasteiger partial charge in [-0.25, -0.2) is 4.79 Å². The summed E-state index contributed by atoms with van der Waals surface area (Å²) in [5.74, 6) is -0.921. The molecule has 0 saturated carbocycles. The van der Waals surface area contributed by atoms with Crippen LogP contribution in [0.15, 0.2) is 42.7 Å². The molecule has 11 nitrogen and oxygen atoms in total. The number of rotatable bonds is 15. The lowest BCUT2D eigenvalue weighted by molar-refractivity contribution is -0.130. The van der Waals surface area contributed by atoms with Gasteiger partial charge in [0.2, 0.25) is 11.8 Å². The summed E-state index contributed by atoms with van der Waals surface area (Å²) < 4.78 is 5.09. The van der Waals surface area contributed by atoms with Gasteiger partial charge in [0.15, 0.2) is 0 Å². The summed E-state index contributed by atoms with van der Waals surface area (Å²) in [7, 11) is 0. The zero-order valence-electron chi connectivity index (χ0n) is 18.7. The summed E-state index contributed by atoms with van der Waals surface area (Å²) in [6.07, 6.45) is 0.644. The average Bonchev–Trinajstić information content (AvgIpc) is 2.79. The van der Waals surface area contributed by atoms with Gasteiger partial charge < -0.3 is 41.6 Å². The van der Waals surface area contributed by atoms with E-state index in [1.807, 2.05) is 6.07 Å². The largest absolute Gasteiger partial charge is 0.445 e. The van der Waals surface area contributed by atoms with Crippen molar-refractivity contribution in [2.24, 2.45) is 5.73 Å². The van der Waals surface area contributed by atoms with E-state index < -0.39 is 36.0 Å². The van der Waals surface area contributed by atoms with Crippen molar-refractivity contribution in [1.29, 1.82) is 0 Å². The van der Waals surface area contributed by atoms with Crippen molar-refractivity contribution in [2.45, 2.75) is 50.9 Å². The molecule has 0 saturated heterocycles. The number of nitrogens with one attached hydrogen (secondary N) is 4. The van der Waals surface area contributed by atoms with Crippen LogP contribution in [0.4, 0.5) is 4.79 Å². The van der Waals surface area contributed by atoms with Crippen LogP contribution >= 0.6 is 0 Å². The maximum Gasteiger partial charge on any atom is 0.408 e. The van der Waals surface area contributed by atoms with Crippen molar-refractivity contribution >= 4 is 24.2 Å². The molecule has 7 N–H and O–H groups in total. The lowest BCUT2D eigenvalue weighted by atomic mass is 10.1. The first-order chi connectivity index (χ1) is 15.8. The molecule has 0 aromatic heterocycles. The summed E-state index contributed by atoms with van der Waals surface area (Å²) in [4.78, 5) is 48.2. The van der Waals surface area contributed by atoms with Crippen LogP contribution in [0.1, 0.15) is 31.7 Å². The van der Waals surface area contributed by atoms with Crippen LogP contribution in [0.2, 0.25) is 0 Å². The Morgan fingerprint density at radius 3 is 2.42 bits per heavy atom. The number of ether oxygens (including phenoxy) is 1. The number of amides is 3. The summed E-state index contributed by atoms with van der Waals surface area (Å²) in [6, 6.07) is 6.17. The molecule has 0 unspecified atom stereocenters. The monoisotopic (exact) mass is 463 g/mol. The Morgan fingerprint density at radius 2 is 1.82 bits per heavy atom. The molecule has 3 amide bonds. The van der Waals surface area contributed by atoms with Gasteiger partial charge >= 0.3 is 6.09 Å². The fourth-order valence-electron chi connectivity index (χ4n) is 2.74. The predicted molar refractivity (Wildman–Crippen MR) is 121 cm³/mol. The lowest BCUT2D eigenvalue weighted by Gasteiger charge is -2.21. The molecule has 1 aromatic carbocycles. The van der Waals surface area contributed by atoms with E-state index in [1.165, 1.54) is 6.92 Å². The molecule has 1 rings (SSSR count). The third-order valence-electron chi connectivity index (χ3n) is 4.53. The van der Waals surface area contributed by atoms with Gasteiger partial charge in [-0.2, -0.15) is 0 Å². The zero-order valence-corrected chi connectivity index (χ0v) is 18.7. The van der Waals surface area contributed by atoms with E-state index in [0.717, 1.165) is 5.56 Å². The molecule has 0 bridgehead atoms. The van der Waals surface area contributed by atoms with Crippen LogP contribution < -0.4 is 27.0 Å². The summed E-state index contributed by atoms with van der Waals surface area (Å²) in [5, 5.41) is 19.4. The Bertz CT molecular complexity index is 789. The number of aldehydes is 1. The van der Waals surface area contributed by atoms with E-state index in [4.69, 9.17) is 10.5 Å². The van der Waals surface area contributed by atoms with Crippen LogP contribution in [0.3, 0.4) is 0 Å². The Labute approximate surface area is 193 Å². The van der Waals surface area contributed by atoms with Gasteiger partial charge in [0.25, 0.3) is 0 Å². The molecule has 0 aliphatic rings. The molecule has 0 spiro atoms. The molecule has 0 radical (unpaired) electrons. The number of benzene rings is 1. The first-order valence-corrected chi connectivity index (χ1v) is 10.6. The predicted octanol–water partition coefficient (Wildman–Crippen LogP) is -0.348. The molecular weight excluding hydrogens is 430 g/mol. The van der Waals surface area contributed by atoms with Crippen LogP contribution in [-0.4, -0.2) is 60.6 Å². The first kappa shape index (κ1) is 27.4. The van der Waals surface area contributed by atoms with Gasteiger partial charge in [-0.1, -0.05) is 36.9 Å². The topological polar surface area (TPSA) is 172 Å². The minimum Gasteiger partial charge on any atom is -0.445 e. The first-order valence-electron chi connectivity index (χ1n) is 10.6. The number of carbonyl (C=O) groups excluding carboxylic acids is 4.